The first-order valence-corrected chi connectivity index (χ1v) is 7.09. The van der Waals surface area contributed by atoms with Gasteiger partial charge in [-0.15, -0.1) is 0 Å². The van der Waals surface area contributed by atoms with Crippen LogP contribution in [-0.4, -0.2) is 68.2 Å². The molecule has 0 saturated carbocycles. The Bertz CT molecular complexity index is 438. The van der Waals surface area contributed by atoms with Gasteiger partial charge in [-0.05, 0) is 6.07 Å². The molecular weight excluding hydrogens is 256 g/mol. The molecule has 0 atom stereocenters. The third-order valence-corrected chi connectivity index (χ3v) is 3.57. The highest BCUT2D eigenvalue weighted by atomic mass is 16.5. The molecule has 2 N–H and O–H groups in total. The minimum absolute atomic E-state index is 0.121. The van der Waals surface area contributed by atoms with E-state index in [9.17, 15) is 4.79 Å². The van der Waals surface area contributed by atoms with Crippen molar-refractivity contribution < 1.29 is 9.53 Å². The fourth-order valence-corrected chi connectivity index (χ4v) is 2.33. The van der Waals surface area contributed by atoms with Gasteiger partial charge in [0.25, 0.3) is 0 Å². The van der Waals surface area contributed by atoms with Crippen LogP contribution in [0.3, 0.4) is 0 Å². The third-order valence-electron chi connectivity index (χ3n) is 3.57. The van der Waals surface area contributed by atoms with Crippen LogP contribution in [0, 0.1) is 0 Å². The number of aromatic nitrogens is 1. The highest BCUT2D eigenvalue weighted by Crippen LogP contribution is 2.12. The summed E-state index contributed by atoms with van der Waals surface area (Å²) in [4.78, 5) is 14.5. The number of nitrogens with one attached hydrogen (secondary N) is 2. The van der Waals surface area contributed by atoms with Gasteiger partial charge in [-0.1, -0.05) is 0 Å². The lowest BCUT2D eigenvalue weighted by atomic mass is 10.2. The highest BCUT2D eigenvalue weighted by Gasteiger charge is 2.12. The van der Waals surface area contributed by atoms with E-state index in [2.05, 4.69) is 15.5 Å². The van der Waals surface area contributed by atoms with Crippen molar-refractivity contribution in [2.24, 2.45) is 7.05 Å². The Balaban J connectivity index is 1.70. The molecule has 1 saturated heterocycles. The summed E-state index contributed by atoms with van der Waals surface area (Å²) in [5.74, 6) is 0.121. The van der Waals surface area contributed by atoms with Gasteiger partial charge in [-0.25, -0.2) is 0 Å². The van der Waals surface area contributed by atoms with E-state index in [-0.39, 0.29) is 5.78 Å². The minimum atomic E-state index is 0.121. The molecule has 6 nitrogen and oxygen atoms in total. The smallest absolute Gasteiger partial charge is 0.192 e. The summed E-state index contributed by atoms with van der Waals surface area (Å²) in [7, 11) is 3.74. The van der Waals surface area contributed by atoms with Gasteiger partial charge < -0.3 is 19.9 Å². The predicted molar refractivity (Wildman–Crippen MR) is 79.4 cm³/mol. The Labute approximate surface area is 120 Å². The van der Waals surface area contributed by atoms with Crippen LogP contribution in [0.15, 0.2) is 12.3 Å². The molecule has 0 amide bonds. The molecule has 1 aromatic rings. The molecule has 2 heterocycles. The molecule has 0 bridgehead atoms. The average Bonchev–Trinajstić information content (AvgIpc) is 2.86. The number of aryl methyl sites for hydroxylation is 1. The van der Waals surface area contributed by atoms with Crippen molar-refractivity contribution in [3.05, 3.63) is 18.0 Å². The fraction of sp³-hybridized carbons (Fsp3) is 0.643. The van der Waals surface area contributed by atoms with Crippen LogP contribution < -0.4 is 10.6 Å². The maximum absolute atomic E-state index is 12.1. The largest absolute Gasteiger partial charge is 0.387 e. The fourth-order valence-electron chi connectivity index (χ4n) is 2.33. The topological polar surface area (TPSA) is 58.5 Å². The number of carbonyl (C=O) groups is 1. The molecule has 20 heavy (non-hydrogen) atoms. The van der Waals surface area contributed by atoms with Crippen LogP contribution in [0.5, 0.6) is 0 Å². The molecule has 0 spiro atoms. The van der Waals surface area contributed by atoms with Crippen molar-refractivity contribution in [3.63, 3.8) is 0 Å². The summed E-state index contributed by atoms with van der Waals surface area (Å²) in [6, 6.07) is 1.88. The van der Waals surface area contributed by atoms with Gasteiger partial charge in [0.2, 0.25) is 0 Å². The maximum atomic E-state index is 12.1. The Kier molecular flexibility index (Phi) is 5.58. The molecule has 0 radical (unpaired) electrons. The Morgan fingerprint density at radius 3 is 2.80 bits per heavy atom. The van der Waals surface area contributed by atoms with E-state index >= 15 is 0 Å². The molecular formula is C14H24N4O2. The lowest BCUT2D eigenvalue weighted by molar-refractivity contribution is 0.0384. The lowest BCUT2D eigenvalue weighted by Crippen LogP contribution is -2.41. The molecule has 1 aromatic heterocycles. The molecule has 1 aliphatic rings. The zero-order valence-corrected chi connectivity index (χ0v) is 12.3. The number of hydrogen-bond donors (Lipinski definition) is 2. The standard InChI is InChI=1S/C14H24N4O2/c1-15-12-9-13(17(2)11-12)14(19)10-16-3-4-18-5-7-20-8-6-18/h9,11,15-16H,3-8,10H2,1-2H3. The molecule has 112 valence electrons. The van der Waals surface area contributed by atoms with Crippen LogP contribution >= 0.6 is 0 Å². The quantitative estimate of drug-likeness (QED) is 0.551. The van der Waals surface area contributed by atoms with Crippen LogP contribution in [0.4, 0.5) is 5.69 Å². The average molecular weight is 280 g/mol. The Morgan fingerprint density at radius 1 is 1.40 bits per heavy atom. The van der Waals surface area contributed by atoms with Crippen molar-refractivity contribution >= 4 is 11.5 Å². The number of morpholine rings is 1. The van der Waals surface area contributed by atoms with E-state index < -0.39 is 0 Å². The van der Waals surface area contributed by atoms with Gasteiger partial charge >= 0.3 is 0 Å². The molecule has 0 aliphatic carbocycles. The summed E-state index contributed by atoms with van der Waals surface area (Å²) in [5.41, 5.74) is 1.69. The van der Waals surface area contributed by atoms with E-state index in [1.165, 1.54) is 0 Å². The van der Waals surface area contributed by atoms with Gasteiger partial charge in [-0.3, -0.25) is 9.69 Å². The van der Waals surface area contributed by atoms with E-state index in [1.54, 1.807) is 0 Å². The van der Waals surface area contributed by atoms with Gasteiger partial charge in [0, 0.05) is 46.5 Å². The highest BCUT2D eigenvalue weighted by molar-refractivity contribution is 5.97. The van der Waals surface area contributed by atoms with Crippen molar-refractivity contribution in [2.75, 3.05) is 58.3 Å². The molecule has 2 rings (SSSR count). The molecule has 0 aromatic carbocycles. The van der Waals surface area contributed by atoms with Crippen LogP contribution in [0.1, 0.15) is 10.5 Å². The SMILES string of the molecule is CNc1cc(C(=O)CNCCN2CCOCC2)n(C)c1. The van der Waals surface area contributed by atoms with Crippen molar-refractivity contribution in [2.45, 2.75) is 0 Å². The lowest BCUT2D eigenvalue weighted by Gasteiger charge is -2.26. The van der Waals surface area contributed by atoms with Gasteiger partial charge in [-0.2, -0.15) is 0 Å². The second-order valence-electron chi connectivity index (χ2n) is 5.03. The van der Waals surface area contributed by atoms with Crippen LogP contribution in [-0.2, 0) is 11.8 Å². The van der Waals surface area contributed by atoms with Gasteiger partial charge in [0.1, 0.15) is 0 Å². The monoisotopic (exact) mass is 280 g/mol. The number of Topliss-reactive ketones (excluding diaryl/α,β-unsaturated/α-hetero) is 1. The summed E-state index contributed by atoms with van der Waals surface area (Å²) in [6.07, 6.45) is 1.92. The zero-order valence-electron chi connectivity index (χ0n) is 12.3. The first-order chi connectivity index (χ1) is 9.70. The van der Waals surface area contributed by atoms with E-state index in [0.717, 1.165) is 50.8 Å². The van der Waals surface area contributed by atoms with Gasteiger partial charge in [0.05, 0.1) is 31.1 Å². The molecule has 0 unspecified atom stereocenters. The number of carbonyl (C=O) groups excluding carboxylic acids is 1. The predicted octanol–water partition coefficient (Wildman–Crippen LogP) is 0.171. The number of rotatable bonds is 7. The number of nitrogens with zero attached hydrogens (tertiary/aromatic N) is 2. The van der Waals surface area contributed by atoms with Crippen LogP contribution in [0.2, 0.25) is 0 Å². The third kappa shape index (κ3) is 4.06. The van der Waals surface area contributed by atoms with Gasteiger partial charge in [0.15, 0.2) is 5.78 Å². The molecule has 1 aliphatic heterocycles. The number of anilines is 1. The summed E-state index contributed by atoms with van der Waals surface area (Å²) >= 11 is 0. The number of ketones is 1. The summed E-state index contributed by atoms with van der Waals surface area (Å²) in [5, 5.41) is 6.26. The number of ether oxygens (including phenoxy) is 1. The normalized spacial score (nSPS) is 16.3. The summed E-state index contributed by atoms with van der Waals surface area (Å²) < 4.78 is 7.16. The zero-order chi connectivity index (χ0) is 14.4. The molecule has 6 heteroatoms. The molecule has 1 fully saturated rings. The summed E-state index contributed by atoms with van der Waals surface area (Å²) in [6.45, 7) is 5.77. The van der Waals surface area contributed by atoms with Crippen molar-refractivity contribution in [1.29, 1.82) is 0 Å². The first-order valence-electron chi connectivity index (χ1n) is 7.09. The first kappa shape index (κ1) is 15.0. The maximum Gasteiger partial charge on any atom is 0.192 e. The van der Waals surface area contributed by atoms with E-state index in [4.69, 9.17) is 4.74 Å². The van der Waals surface area contributed by atoms with Crippen molar-refractivity contribution in [1.82, 2.24) is 14.8 Å². The Morgan fingerprint density at radius 2 is 2.15 bits per heavy atom. The van der Waals surface area contributed by atoms with Crippen LogP contribution in [0.25, 0.3) is 0 Å². The second kappa shape index (κ2) is 7.42. The second-order valence-corrected chi connectivity index (χ2v) is 5.03. The van der Waals surface area contributed by atoms with E-state index in [0.29, 0.717) is 6.54 Å². The minimum Gasteiger partial charge on any atom is -0.387 e. The number of hydrogen-bond acceptors (Lipinski definition) is 5. The Hall–Kier alpha value is -1.37. The van der Waals surface area contributed by atoms with E-state index in [1.807, 2.05) is 30.9 Å². The van der Waals surface area contributed by atoms with Crippen molar-refractivity contribution in [3.8, 4) is 0 Å².